The van der Waals surface area contributed by atoms with Crippen LogP contribution in [0.3, 0.4) is 0 Å². The van der Waals surface area contributed by atoms with Crippen LogP contribution in [0.2, 0.25) is 5.02 Å². The van der Waals surface area contributed by atoms with Gasteiger partial charge < -0.3 is 9.80 Å². The zero-order valence-electron chi connectivity index (χ0n) is 32.7. The van der Waals surface area contributed by atoms with Crippen LogP contribution in [-0.4, -0.2) is 0 Å². The number of para-hydroxylation sites is 2. The molecule has 2 aliphatic carbocycles. The van der Waals surface area contributed by atoms with Gasteiger partial charge in [0.15, 0.2) is 0 Å². The van der Waals surface area contributed by atoms with Crippen LogP contribution >= 0.6 is 11.6 Å². The topological polar surface area (TPSA) is 6.48 Å². The predicted molar refractivity (Wildman–Crippen MR) is 241 cm³/mol. The number of fused-ring (bicyclic) bond motifs is 6. The second-order valence-corrected chi connectivity index (χ2v) is 16.8. The third-order valence-electron chi connectivity index (χ3n) is 12.2. The lowest BCUT2D eigenvalue weighted by atomic mass is 9.81. The molecule has 0 atom stereocenters. The highest BCUT2D eigenvalue weighted by Crippen LogP contribution is 2.55. The minimum atomic E-state index is -0.185. The van der Waals surface area contributed by atoms with Gasteiger partial charge in [-0.1, -0.05) is 155 Å². The fraction of sp³-hybridized carbons (Fsp3) is 0.111. The van der Waals surface area contributed by atoms with Crippen LogP contribution in [0.15, 0.2) is 188 Å². The Hall–Kier alpha value is -6.35. The first-order valence-electron chi connectivity index (χ1n) is 19.8. The highest BCUT2D eigenvalue weighted by atomic mass is 35.5. The van der Waals surface area contributed by atoms with E-state index < -0.39 is 0 Å². The van der Waals surface area contributed by atoms with Crippen molar-refractivity contribution < 1.29 is 0 Å². The number of hydrogen-bond donors (Lipinski definition) is 0. The quantitative estimate of drug-likeness (QED) is 0.160. The first kappa shape index (κ1) is 35.1. The number of rotatable bonds is 7. The van der Waals surface area contributed by atoms with Gasteiger partial charge in [0.25, 0.3) is 0 Å². The first-order chi connectivity index (χ1) is 27.7. The number of nitrogens with zero attached hydrogens (tertiary/aromatic N) is 2. The second kappa shape index (κ2) is 13.4. The minimum Gasteiger partial charge on any atom is -0.310 e. The molecular weight excluding hydrogens is 712 g/mol. The van der Waals surface area contributed by atoms with E-state index in [0.717, 1.165) is 39.6 Å². The van der Waals surface area contributed by atoms with E-state index in [-0.39, 0.29) is 10.8 Å². The SMILES string of the molecule is CC1(C)c2ccccc2-c2ccc(-c3cc(Cl)cc(N(c4ccccc4)c4cccc(N(c5ccccc5)c5cccc6c5C(C)(C)c5ccccc5-6)c4)c3)cc21. The summed E-state index contributed by atoms with van der Waals surface area (Å²) in [5.41, 5.74) is 19.0. The van der Waals surface area contributed by atoms with E-state index >= 15 is 0 Å². The van der Waals surface area contributed by atoms with Gasteiger partial charge >= 0.3 is 0 Å². The molecule has 0 bridgehead atoms. The molecule has 0 N–H and O–H groups in total. The van der Waals surface area contributed by atoms with Gasteiger partial charge in [-0.05, 0) is 128 Å². The molecule has 0 amide bonds. The van der Waals surface area contributed by atoms with Crippen molar-refractivity contribution in [3.05, 3.63) is 215 Å². The van der Waals surface area contributed by atoms with E-state index in [9.17, 15) is 0 Å². The van der Waals surface area contributed by atoms with Crippen molar-refractivity contribution in [3.8, 4) is 33.4 Å². The van der Waals surface area contributed by atoms with Crippen molar-refractivity contribution in [2.45, 2.75) is 38.5 Å². The average molecular weight is 755 g/mol. The molecule has 276 valence electrons. The molecule has 8 aromatic carbocycles. The maximum atomic E-state index is 7.09. The molecule has 0 saturated carbocycles. The van der Waals surface area contributed by atoms with Crippen molar-refractivity contribution >= 4 is 45.7 Å². The van der Waals surface area contributed by atoms with Gasteiger partial charge in [0, 0.05) is 44.3 Å². The normalized spacial score (nSPS) is 14.0. The zero-order valence-corrected chi connectivity index (χ0v) is 33.4. The molecule has 0 spiro atoms. The van der Waals surface area contributed by atoms with Gasteiger partial charge in [-0.15, -0.1) is 0 Å². The molecule has 10 rings (SSSR count). The lowest BCUT2D eigenvalue weighted by Gasteiger charge is -2.33. The predicted octanol–water partition coefficient (Wildman–Crippen LogP) is 15.6. The maximum Gasteiger partial charge on any atom is 0.0508 e. The summed E-state index contributed by atoms with van der Waals surface area (Å²) in [7, 11) is 0. The summed E-state index contributed by atoms with van der Waals surface area (Å²) in [6, 6.07) is 68.0. The number of hydrogen-bond acceptors (Lipinski definition) is 2. The standard InChI is InChI=1S/C54H43ClN2/c1-53(2)48-26-13-11-23-44(48)46-30-29-36(33-50(46)53)37-31-38(55)34-43(32-37)56(39-17-7-5-8-18-39)41-21-15-22-42(35-41)57(40-19-9-6-10-20-40)51-28-16-25-47-45-24-12-14-27-49(45)54(3,4)52(47)51/h5-35H,1-4H3. The summed E-state index contributed by atoms with van der Waals surface area (Å²) >= 11 is 7.09. The summed E-state index contributed by atoms with van der Waals surface area (Å²) in [5.74, 6) is 0. The largest absolute Gasteiger partial charge is 0.310 e. The van der Waals surface area contributed by atoms with Crippen LogP contribution in [0.25, 0.3) is 33.4 Å². The maximum absolute atomic E-state index is 7.09. The van der Waals surface area contributed by atoms with Gasteiger partial charge in [0.05, 0.1) is 5.69 Å². The summed E-state index contributed by atoms with van der Waals surface area (Å²) < 4.78 is 0. The lowest BCUT2D eigenvalue weighted by Crippen LogP contribution is -2.21. The van der Waals surface area contributed by atoms with E-state index in [2.05, 4.69) is 226 Å². The van der Waals surface area contributed by atoms with Gasteiger partial charge in [0.1, 0.15) is 0 Å². The van der Waals surface area contributed by atoms with Crippen molar-refractivity contribution in [2.75, 3.05) is 9.80 Å². The van der Waals surface area contributed by atoms with Crippen LogP contribution in [-0.2, 0) is 10.8 Å². The van der Waals surface area contributed by atoms with Crippen molar-refractivity contribution in [3.63, 3.8) is 0 Å². The van der Waals surface area contributed by atoms with E-state index in [4.69, 9.17) is 11.6 Å². The molecule has 2 aliphatic rings. The fourth-order valence-electron chi connectivity index (χ4n) is 9.56. The van der Waals surface area contributed by atoms with Crippen LogP contribution in [0.5, 0.6) is 0 Å². The Bertz CT molecular complexity index is 2820. The smallest absolute Gasteiger partial charge is 0.0508 e. The van der Waals surface area contributed by atoms with E-state index in [1.54, 1.807) is 0 Å². The molecule has 0 aliphatic heterocycles. The molecule has 3 heteroatoms. The highest BCUT2D eigenvalue weighted by Gasteiger charge is 2.39. The van der Waals surface area contributed by atoms with Crippen LogP contribution in [0, 0.1) is 0 Å². The number of halogens is 1. The molecule has 0 saturated heterocycles. The molecule has 8 aromatic rings. The Kier molecular flexibility index (Phi) is 8.25. The van der Waals surface area contributed by atoms with Gasteiger partial charge in [-0.25, -0.2) is 0 Å². The third-order valence-corrected chi connectivity index (χ3v) is 12.4. The van der Waals surface area contributed by atoms with Gasteiger partial charge in [-0.3, -0.25) is 0 Å². The van der Waals surface area contributed by atoms with E-state index in [1.807, 2.05) is 0 Å². The average Bonchev–Trinajstić information content (AvgIpc) is 3.61. The first-order valence-corrected chi connectivity index (χ1v) is 20.2. The number of anilines is 6. The Morgan fingerprint density at radius 2 is 0.877 bits per heavy atom. The molecule has 2 nitrogen and oxygen atoms in total. The van der Waals surface area contributed by atoms with Crippen LogP contribution in [0.4, 0.5) is 34.1 Å². The highest BCUT2D eigenvalue weighted by molar-refractivity contribution is 6.31. The Balaban J connectivity index is 1.12. The minimum absolute atomic E-state index is 0.0959. The summed E-state index contributed by atoms with van der Waals surface area (Å²) in [4.78, 5) is 4.75. The fourth-order valence-corrected chi connectivity index (χ4v) is 9.79. The van der Waals surface area contributed by atoms with E-state index in [1.165, 1.54) is 50.2 Å². The summed E-state index contributed by atoms with van der Waals surface area (Å²) in [6.45, 7) is 9.37. The zero-order chi connectivity index (χ0) is 38.9. The molecule has 0 radical (unpaired) electrons. The van der Waals surface area contributed by atoms with Crippen LogP contribution < -0.4 is 9.80 Å². The monoisotopic (exact) mass is 754 g/mol. The van der Waals surface area contributed by atoms with Crippen LogP contribution in [0.1, 0.15) is 49.9 Å². The Morgan fingerprint density at radius 1 is 0.351 bits per heavy atom. The Labute approximate surface area is 341 Å². The lowest BCUT2D eigenvalue weighted by molar-refractivity contribution is 0.660. The van der Waals surface area contributed by atoms with Crippen molar-refractivity contribution in [2.24, 2.45) is 0 Å². The molecule has 57 heavy (non-hydrogen) atoms. The van der Waals surface area contributed by atoms with E-state index in [0.29, 0.717) is 5.02 Å². The summed E-state index contributed by atoms with van der Waals surface area (Å²) in [5, 5.41) is 0.690. The molecular formula is C54H43ClN2. The third kappa shape index (κ3) is 5.70. The summed E-state index contributed by atoms with van der Waals surface area (Å²) in [6.07, 6.45) is 0. The molecule has 0 unspecified atom stereocenters. The van der Waals surface area contributed by atoms with Gasteiger partial charge in [0.2, 0.25) is 0 Å². The van der Waals surface area contributed by atoms with Crippen molar-refractivity contribution in [1.82, 2.24) is 0 Å². The molecule has 0 heterocycles. The Morgan fingerprint density at radius 3 is 1.58 bits per heavy atom. The number of benzene rings is 8. The second-order valence-electron chi connectivity index (χ2n) is 16.4. The molecule has 0 fully saturated rings. The molecule has 0 aromatic heterocycles. The van der Waals surface area contributed by atoms with Crippen molar-refractivity contribution in [1.29, 1.82) is 0 Å². The van der Waals surface area contributed by atoms with Gasteiger partial charge in [-0.2, -0.15) is 0 Å².